The number of aromatic nitrogens is 1. The van der Waals surface area contributed by atoms with Crippen molar-refractivity contribution in [2.75, 3.05) is 35.7 Å². The molecule has 1 aromatic rings. The molecule has 1 heterocycles. The number of carbonyl (C=O) groups excluding carboxylic acids is 3. The van der Waals surface area contributed by atoms with E-state index in [1.54, 1.807) is 13.8 Å². The summed E-state index contributed by atoms with van der Waals surface area (Å²) in [7, 11) is 0. The smallest absolute Gasteiger partial charge is 0.412 e. The van der Waals surface area contributed by atoms with E-state index in [1.807, 2.05) is 0 Å². The van der Waals surface area contributed by atoms with Crippen LogP contribution in [0.5, 0.6) is 0 Å². The molecular formula is C14H19N5O7. The van der Waals surface area contributed by atoms with E-state index in [0.29, 0.717) is 0 Å². The highest BCUT2D eigenvalue weighted by molar-refractivity contribution is 5.93. The molecular weight excluding hydrogens is 350 g/mol. The van der Waals surface area contributed by atoms with Crippen molar-refractivity contribution in [1.82, 2.24) is 4.98 Å². The number of ether oxygens (including phenoxy) is 2. The predicted molar refractivity (Wildman–Crippen MR) is 91.4 cm³/mol. The lowest BCUT2D eigenvalue weighted by Crippen LogP contribution is -2.20. The zero-order valence-electron chi connectivity index (χ0n) is 14.5. The molecule has 1 aromatic heterocycles. The molecule has 0 atom stereocenters. The largest absolute Gasteiger partial charge is 0.450 e. The maximum absolute atomic E-state index is 11.6. The van der Waals surface area contributed by atoms with Gasteiger partial charge in [0.15, 0.2) is 0 Å². The minimum Gasteiger partial charge on any atom is -0.450 e. The number of ketones is 1. The Bertz CT molecular complexity index is 707. The summed E-state index contributed by atoms with van der Waals surface area (Å²) in [5.74, 6) is -0.878. The summed E-state index contributed by atoms with van der Waals surface area (Å²) < 4.78 is 9.39. The number of rotatable bonds is 8. The normalized spacial score (nSPS) is 9.81. The van der Waals surface area contributed by atoms with Crippen LogP contribution in [0.2, 0.25) is 0 Å². The lowest BCUT2D eigenvalue weighted by atomic mass is 10.3. The number of nitrogens with zero attached hydrogens (tertiary/aromatic N) is 2. The SMILES string of the molecule is CCOC(=O)Nc1cc(NCC(C)=O)c([N+](=O)[O-])c(NC(=O)OCC)n1. The van der Waals surface area contributed by atoms with Crippen LogP contribution in [0.25, 0.3) is 0 Å². The monoisotopic (exact) mass is 369 g/mol. The lowest BCUT2D eigenvalue weighted by molar-refractivity contribution is -0.383. The van der Waals surface area contributed by atoms with Gasteiger partial charge in [0, 0.05) is 6.07 Å². The predicted octanol–water partition coefficient (Wildman–Crippen LogP) is 2.13. The first kappa shape index (κ1) is 20.6. The van der Waals surface area contributed by atoms with E-state index in [4.69, 9.17) is 4.74 Å². The van der Waals surface area contributed by atoms with Gasteiger partial charge in [0.05, 0.1) is 24.7 Å². The Labute approximate surface area is 148 Å². The highest BCUT2D eigenvalue weighted by Crippen LogP contribution is 2.34. The van der Waals surface area contributed by atoms with Crippen LogP contribution in [-0.4, -0.2) is 47.6 Å². The number of amides is 2. The Kier molecular flexibility index (Phi) is 7.73. The van der Waals surface area contributed by atoms with Crippen LogP contribution in [0.3, 0.4) is 0 Å². The first-order chi connectivity index (χ1) is 12.3. The fourth-order valence-electron chi connectivity index (χ4n) is 1.76. The Balaban J connectivity index is 3.33. The molecule has 0 aromatic carbocycles. The number of Topliss-reactive ketones (excluding diaryl/α,β-unsaturated/α-hetero) is 1. The van der Waals surface area contributed by atoms with Crippen LogP contribution in [0.4, 0.5) is 32.6 Å². The summed E-state index contributed by atoms with van der Waals surface area (Å²) >= 11 is 0. The van der Waals surface area contributed by atoms with Gasteiger partial charge >= 0.3 is 17.9 Å². The molecule has 12 nitrogen and oxygen atoms in total. The number of pyridine rings is 1. The summed E-state index contributed by atoms with van der Waals surface area (Å²) in [5.41, 5.74) is -0.715. The fourth-order valence-corrected chi connectivity index (χ4v) is 1.76. The molecule has 0 spiro atoms. The molecule has 0 aliphatic carbocycles. The number of hydrogen-bond donors (Lipinski definition) is 3. The molecule has 3 N–H and O–H groups in total. The third-order valence-corrected chi connectivity index (χ3v) is 2.70. The first-order valence-corrected chi connectivity index (χ1v) is 7.58. The van der Waals surface area contributed by atoms with E-state index in [0.717, 1.165) is 6.07 Å². The Morgan fingerprint density at radius 1 is 1.15 bits per heavy atom. The molecule has 0 radical (unpaired) electrons. The summed E-state index contributed by atoms with van der Waals surface area (Å²) in [4.78, 5) is 48.8. The van der Waals surface area contributed by atoms with Gasteiger partial charge < -0.3 is 14.8 Å². The second-order valence-electron chi connectivity index (χ2n) is 4.76. The second kappa shape index (κ2) is 9.76. The maximum Gasteiger partial charge on any atom is 0.412 e. The summed E-state index contributed by atoms with van der Waals surface area (Å²) in [6.07, 6.45) is -1.80. The van der Waals surface area contributed by atoms with Crippen molar-refractivity contribution in [3.8, 4) is 0 Å². The van der Waals surface area contributed by atoms with Crippen LogP contribution >= 0.6 is 0 Å². The van der Waals surface area contributed by atoms with Gasteiger partial charge in [0.25, 0.3) is 0 Å². The molecule has 0 fully saturated rings. The number of anilines is 3. The lowest BCUT2D eigenvalue weighted by Gasteiger charge is -2.12. The fraction of sp³-hybridized carbons (Fsp3) is 0.429. The van der Waals surface area contributed by atoms with Crippen molar-refractivity contribution in [3.63, 3.8) is 0 Å². The molecule has 2 amide bonds. The van der Waals surface area contributed by atoms with E-state index < -0.39 is 28.6 Å². The molecule has 0 aliphatic rings. The molecule has 1 rings (SSSR count). The van der Waals surface area contributed by atoms with Crippen LogP contribution in [0, 0.1) is 10.1 Å². The Hall–Kier alpha value is -3.44. The second-order valence-corrected chi connectivity index (χ2v) is 4.76. The van der Waals surface area contributed by atoms with Gasteiger partial charge in [-0.1, -0.05) is 0 Å². The minimum atomic E-state index is -0.964. The summed E-state index contributed by atoms with van der Waals surface area (Å²) in [6.45, 7) is 4.37. The molecule has 0 unspecified atom stereocenters. The van der Waals surface area contributed by atoms with Crippen molar-refractivity contribution in [3.05, 3.63) is 16.2 Å². The van der Waals surface area contributed by atoms with Gasteiger partial charge in [-0.15, -0.1) is 0 Å². The van der Waals surface area contributed by atoms with Crippen molar-refractivity contribution in [2.45, 2.75) is 20.8 Å². The van der Waals surface area contributed by atoms with Gasteiger partial charge in [0.2, 0.25) is 5.82 Å². The Morgan fingerprint density at radius 2 is 1.73 bits per heavy atom. The zero-order valence-corrected chi connectivity index (χ0v) is 14.5. The topological polar surface area (TPSA) is 162 Å². The third-order valence-electron chi connectivity index (χ3n) is 2.70. The van der Waals surface area contributed by atoms with Gasteiger partial charge in [-0.05, 0) is 20.8 Å². The molecule has 0 saturated heterocycles. The highest BCUT2D eigenvalue weighted by atomic mass is 16.6. The van der Waals surface area contributed by atoms with Gasteiger partial charge in [0.1, 0.15) is 17.3 Å². The van der Waals surface area contributed by atoms with E-state index in [9.17, 15) is 24.5 Å². The number of carbonyl (C=O) groups is 3. The van der Waals surface area contributed by atoms with Gasteiger partial charge in [-0.25, -0.2) is 14.6 Å². The first-order valence-electron chi connectivity index (χ1n) is 7.58. The van der Waals surface area contributed by atoms with Crippen LogP contribution in [0.1, 0.15) is 20.8 Å². The molecule has 0 aliphatic heterocycles. The average Bonchev–Trinajstić information content (AvgIpc) is 2.52. The van der Waals surface area contributed by atoms with Crippen molar-refractivity contribution < 1.29 is 28.8 Å². The molecule has 0 bridgehead atoms. The number of nitro groups is 1. The van der Waals surface area contributed by atoms with Crippen LogP contribution < -0.4 is 16.0 Å². The van der Waals surface area contributed by atoms with Gasteiger partial charge in [-0.3, -0.25) is 25.5 Å². The van der Waals surface area contributed by atoms with Crippen LogP contribution in [0.15, 0.2) is 6.07 Å². The minimum absolute atomic E-state index is 0.0375. The van der Waals surface area contributed by atoms with E-state index in [2.05, 4.69) is 25.7 Å². The summed E-state index contributed by atoms with van der Waals surface area (Å²) in [5, 5.41) is 18.4. The standard InChI is InChI=1S/C14H19N5O7/c1-4-25-13(21)17-10-6-9(15-7-8(3)20)11(19(23)24)12(16-10)18-14(22)26-5-2/h6H,4-5,7H2,1-3H3,(H3,15,16,17,18,21,22). The van der Waals surface area contributed by atoms with Gasteiger partial charge in [-0.2, -0.15) is 0 Å². The molecule has 142 valence electrons. The summed E-state index contributed by atoms with van der Waals surface area (Å²) in [6, 6.07) is 1.15. The van der Waals surface area contributed by atoms with E-state index in [1.165, 1.54) is 6.92 Å². The third kappa shape index (κ3) is 6.22. The highest BCUT2D eigenvalue weighted by Gasteiger charge is 2.26. The van der Waals surface area contributed by atoms with E-state index >= 15 is 0 Å². The van der Waals surface area contributed by atoms with Crippen molar-refractivity contribution in [2.24, 2.45) is 0 Å². The Morgan fingerprint density at radius 3 is 2.23 bits per heavy atom. The molecule has 26 heavy (non-hydrogen) atoms. The number of nitrogens with one attached hydrogen (secondary N) is 3. The quantitative estimate of drug-likeness (QED) is 0.460. The van der Waals surface area contributed by atoms with E-state index in [-0.39, 0.29) is 37.0 Å². The zero-order chi connectivity index (χ0) is 19.7. The molecule has 12 heteroatoms. The van der Waals surface area contributed by atoms with Crippen molar-refractivity contribution >= 4 is 41.0 Å². The van der Waals surface area contributed by atoms with Crippen molar-refractivity contribution in [1.29, 1.82) is 0 Å². The molecule has 0 saturated carbocycles. The van der Waals surface area contributed by atoms with Crippen LogP contribution in [-0.2, 0) is 14.3 Å². The maximum atomic E-state index is 11.6. The average molecular weight is 369 g/mol. The number of hydrogen-bond acceptors (Lipinski definition) is 9.